The molecule has 1 N–H and O–H groups in total. The zero-order valence-electron chi connectivity index (χ0n) is 13.5. The number of nitrogens with one attached hydrogen (secondary N) is 1. The molecular weight excluding hydrogens is 364 g/mol. The van der Waals surface area contributed by atoms with E-state index in [1.807, 2.05) is 0 Å². The summed E-state index contributed by atoms with van der Waals surface area (Å²) >= 11 is 5.88. The molecule has 1 unspecified atom stereocenters. The van der Waals surface area contributed by atoms with Crippen LogP contribution in [0.2, 0.25) is 5.02 Å². The molecule has 3 rings (SSSR count). The highest BCUT2D eigenvalue weighted by Crippen LogP contribution is 2.21. The van der Waals surface area contributed by atoms with Crippen LogP contribution < -0.4 is 10.2 Å². The number of nitrogens with zero attached hydrogens (tertiary/aromatic N) is 3. The lowest BCUT2D eigenvalue weighted by Crippen LogP contribution is -2.33. The van der Waals surface area contributed by atoms with E-state index < -0.39 is 15.7 Å². The van der Waals surface area contributed by atoms with Crippen LogP contribution in [0.3, 0.4) is 0 Å². The predicted molar refractivity (Wildman–Crippen MR) is 96.9 cm³/mol. The van der Waals surface area contributed by atoms with Gasteiger partial charge in [0.15, 0.2) is 21.3 Å². The Labute approximate surface area is 150 Å². The van der Waals surface area contributed by atoms with Gasteiger partial charge < -0.3 is 10.2 Å². The normalized spacial score (nSPS) is 18.7. The molecule has 1 saturated heterocycles. The van der Waals surface area contributed by atoms with Crippen LogP contribution in [-0.2, 0) is 9.84 Å². The minimum Gasteiger partial charge on any atom is -0.354 e. The molecule has 1 aromatic heterocycles. The molecule has 0 aliphatic carbocycles. The number of hydrogen-bond acceptors (Lipinski definition) is 6. The minimum atomic E-state index is -2.97. The quantitative estimate of drug-likeness (QED) is 0.872. The highest BCUT2D eigenvalue weighted by Gasteiger charge is 2.31. The lowest BCUT2D eigenvalue weighted by Gasteiger charge is -2.23. The number of anilines is 2. The topological polar surface area (TPSA) is 92.3 Å². The summed E-state index contributed by atoms with van der Waals surface area (Å²) in [5.41, 5.74) is 0.729. The van der Waals surface area contributed by atoms with Crippen molar-refractivity contribution in [1.82, 2.24) is 10.2 Å². The van der Waals surface area contributed by atoms with Crippen molar-refractivity contribution >= 4 is 38.9 Å². The van der Waals surface area contributed by atoms with Crippen LogP contribution in [-0.4, -0.2) is 49.1 Å². The summed E-state index contributed by atoms with van der Waals surface area (Å²) < 4.78 is 23.2. The molecular formula is C16H17ClN4O3S. The smallest absolute Gasteiger partial charge is 0.276 e. The number of carbonyl (C=O) groups excluding carboxylic acids is 1. The number of benzene rings is 1. The van der Waals surface area contributed by atoms with Gasteiger partial charge in [-0.25, -0.2) is 8.42 Å². The fourth-order valence-corrected chi connectivity index (χ4v) is 4.63. The molecule has 1 aromatic carbocycles. The van der Waals surface area contributed by atoms with Gasteiger partial charge in [-0.15, -0.1) is 10.2 Å². The van der Waals surface area contributed by atoms with E-state index >= 15 is 0 Å². The lowest BCUT2D eigenvalue weighted by atomic mass is 10.2. The van der Waals surface area contributed by atoms with Crippen LogP contribution in [0.25, 0.3) is 0 Å². The van der Waals surface area contributed by atoms with Crippen LogP contribution in [0.15, 0.2) is 36.4 Å². The number of aromatic nitrogens is 2. The Hall–Kier alpha value is -2.19. The second-order valence-corrected chi connectivity index (χ2v) is 8.57. The van der Waals surface area contributed by atoms with Gasteiger partial charge in [0.2, 0.25) is 0 Å². The maximum Gasteiger partial charge on any atom is 0.276 e. The summed E-state index contributed by atoms with van der Waals surface area (Å²) in [7, 11) is -1.19. The van der Waals surface area contributed by atoms with Gasteiger partial charge >= 0.3 is 0 Å². The molecule has 132 valence electrons. The molecule has 1 atom stereocenters. The van der Waals surface area contributed by atoms with Gasteiger partial charge in [0, 0.05) is 23.8 Å². The van der Waals surface area contributed by atoms with Gasteiger partial charge in [-0.05, 0) is 36.8 Å². The molecule has 1 aliphatic heterocycles. The first-order valence-corrected chi connectivity index (χ1v) is 9.88. The Balaban J connectivity index is 1.68. The number of carbonyl (C=O) groups is 1. The predicted octanol–water partition coefficient (Wildman–Crippen LogP) is 2.01. The first kappa shape index (κ1) is 17.6. The Kier molecular flexibility index (Phi) is 4.91. The molecule has 1 amide bonds. The number of hydrogen-bond donors (Lipinski definition) is 1. The first-order valence-electron chi connectivity index (χ1n) is 7.68. The molecule has 2 heterocycles. The summed E-state index contributed by atoms with van der Waals surface area (Å²) in [5.74, 6) is 0.436. The van der Waals surface area contributed by atoms with Crippen LogP contribution in [0.4, 0.5) is 11.5 Å². The molecule has 0 saturated carbocycles. The lowest BCUT2D eigenvalue weighted by molar-refractivity contribution is 0.102. The summed E-state index contributed by atoms with van der Waals surface area (Å²) in [6.07, 6.45) is 0.567. The first-order chi connectivity index (χ1) is 11.8. The largest absolute Gasteiger partial charge is 0.354 e. The monoisotopic (exact) mass is 380 g/mol. The maximum absolute atomic E-state index is 12.2. The van der Waals surface area contributed by atoms with Crippen molar-refractivity contribution in [2.75, 3.05) is 28.8 Å². The number of rotatable bonds is 4. The van der Waals surface area contributed by atoms with Gasteiger partial charge in [-0.2, -0.15) is 0 Å². The van der Waals surface area contributed by atoms with Gasteiger partial charge in [-0.3, -0.25) is 4.79 Å². The molecule has 2 aromatic rings. The van der Waals surface area contributed by atoms with E-state index in [1.165, 1.54) is 0 Å². The van der Waals surface area contributed by atoms with E-state index in [-0.39, 0.29) is 23.2 Å². The third-order valence-corrected chi connectivity index (χ3v) is 6.07. The molecule has 1 fully saturated rings. The zero-order valence-corrected chi connectivity index (χ0v) is 15.1. The second kappa shape index (κ2) is 6.97. The molecule has 7 nitrogen and oxygen atoms in total. The van der Waals surface area contributed by atoms with E-state index in [0.717, 1.165) is 0 Å². The van der Waals surface area contributed by atoms with Gasteiger partial charge in [0.05, 0.1) is 11.5 Å². The van der Waals surface area contributed by atoms with Crippen molar-refractivity contribution in [1.29, 1.82) is 0 Å². The van der Waals surface area contributed by atoms with E-state index in [0.29, 0.717) is 22.9 Å². The van der Waals surface area contributed by atoms with Crippen LogP contribution in [0.5, 0.6) is 0 Å². The van der Waals surface area contributed by atoms with Crippen LogP contribution in [0, 0.1) is 0 Å². The third kappa shape index (κ3) is 4.26. The fourth-order valence-electron chi connectivity index (χ4n) is 2.66. The van der Waals surface area contributed by atoms with Crippen molar-refractivity contribution in [3.05, 3.63) is 47.1 Å². The minimum absolute atomic E-state index is 0.113. The van der Waals surface area contributed by atoms with E-state index in [2.05, 4.69) is 15.5 Å². The Bertz CT molecular complexity index is 887. The van der Waals surface area contributed by atoms with Crippen molar-refractivity contribution < 1.29 is 13.2 Å². The van der Waals surface area contributed by atoms with Crippen molar-refractivity contribution in [2.24, 2.45) is 0 Å². The standard InChI is InChI=1S/C16H17ClN4O3S/c1-21(13-7-8-25(23,24)10-13)15-6-5-14(19-20-15)16(22)18-12-4-2-3-11(17)9-12/h2-6,9,13H,7-8,10H2,1H3,(H,18,22). The van der Waals surface area contributed by atoms with Crippen LogP contribution in [0.1, 0.15) is 16.9 Å². The second-order valence-electron chi connectivity index (χ2n) is 5.91. The fraction of sp³-hybridized carbons (Fsp3) is 0.312. The average molecular weight is 381 g/mol. The van der Waals surface area contributed by atoms with Crippen LogP contribution >= 0.6 is 11.6 Å². The molecule has 0 spiro atoms. The number of sulfone groups is 1. The SMILES string of the molecule is CN(c1ccc(C(=O)Nc2cccc(Cl)c2)nn1)C1CCS(=O)(=O)C1. The highest BCUT2D eigenvalue weighted by atomic mass is 35.5. The summed E-state index contributed by atoms with van der Waals surface area (Å²) in [5, 5.41) is 11.2. The zero-order chi connectivity index (χ0) is 18.0. The Morgan fingerprint density at radius 2 is 2.08 bits per heavy atom. The van der Waals surface area contributed by atoms with Gasteiger partial charge in [0.1, 0.15) is 0 Å². The average Bonchev–Trinajstić information content (AvgIpc) is 2.94. The van der Waals surface area contributed by atoms with Crippen molar-refractivity contribution in [3.63, 3.8) is 0 Å². The molecule has 25 heavy (non-hydrogen) atoms. The molecule has 0 radical (unpaired) electrons. The van der Waals surface area contributed by atoms with Crippen molar-refractivity contribution in [3.8, 4) is 0 Å². The summed E-state index contributed by atoms with van der Waals surface area (Å²) in [6.45, 7) is 0. The van der Waals surface area contributed by atoms with Gasteiger partial charge in [-0.1, -0.05) is 17.7 Å². The summed E-state index contributed by atoms with van der Waals surface area (Å²) in [6, 6.07) is 9.90. The molecule has 1 aliphatic rings. The van der Waals surface area contributed by atoms with E-state index in [1.54, 1.807) is 48.3 Å². The highest BCUT2D eigenvalue weighted by molar-refractivity contribution is 7.91. The van der Waals surface area contributed by atoms with E-state index in [4.69, 9.17) is 11.6 Å². The number of amides is 1. The Morgan fingerprint density at radius 1 is 1.28 bits per heavy atom. The summed E-state index contributed by atoms with van der Waals surface area (Å²) in [4.78, 5) is 14.0. The van der Waals surface area contributed by atoms with E-state index in [9.17, 15) is 13.2 Å². The number of halogens is 1. The Morgan fingerprint density at radius 3 is 2.68 bits per heavy atom. The molecule has 0 bridgehead atoms. The van der Waals surface area contributed by atoms with Crippen molar-refractivity contribution in [2.45, 2.75) is 12.5 Å². The van der Waals surface area contributed by atoms with Gasteiger partial charge in [0.25, 0.3) is 5.91 Å². The maximum atomic E-state index is 12.2. The third-order valence-electron chi connectivity index (χ3n) is 4.08. The molecule has 9 heteroatoms.